The first-order chi connectivity index (χ1) is 8.97. The van der Waals surface area contributed by atoms with Crippen molar-refractivity contribution < 1.29 is 9.90 Å². The molecule has 2 aromatic rings. The van der Waals surface area contributed by atoms with Crippen LogP contribution in [-0.2, 0) is 6.54 Å². The number of carboxylic acid groups (broad SMARTS) is 1. The molecule has 0 saturated heterocycles. The summed E-state index contributed by atoms with van der Waals surface area (Å²) in [6.07, 6.45) is 0. The fourth-order valence-electron chi connectivity index (χ4n) is 1.74. The van der Waals surface area contributed by atoms with Gasteiger partial charge in [-0.3, -0.25) is 0 Å². The first-order valence-electron chi connectivity index (χ1n) is 5.54. The zero-order valence-corrected chi connectivity index (χ0v) is 12.7. The van der Waals surface area contributed by atoms with E-state index < -0.39 is 5.97 Å². The molecule has 0 amide bonds. The Kier molecular flexibility index (Phi) is 4.11. The molecular weight excluding hydrogens is 328 g/mol. The summed E-state index contributed by atoms with van der Waals surface area (Å²) >= 11 is 5.09. The van der Waals surface area contributed by atoms with Crippen molar-refractivity contribution in [2.75, 3.05) is 17.7 Å². The Bertz CT molecular complexity index is 612. The van der Waals surface area contributed by atoms with Crippen LogP contribution in [0.1, 0.15) is 15.2 Å². The monoisotopic (exact) mass is 340 g/mol. The number of benzene rings is 1. The van der Waals surface area contributed by atoms with Crippen LogP contribution in [0, 0.1) is 0 Å². The van der Waals surface area contributed by atoms with Gasteiger partial charge in [0.15, 0.2) is 0 Å². The molecule has 1 heterocycles. The topological polar surface area (TPSA) is 66.6 Å². The van der Waals surface area contributed by atoms with E-state index in [0.29, 0.717) is 0 Å². The van der Waals surface area contributed by atoms with E-state index in [2.05, 4.69) is 22.0 Å². The van der Waals surface area contributed by atoms with E-state index >= 15 is 0 Å². The quantitative estimate of drug-likeness (QED) is 0.836. The lowest BCUT2D eigenvalue weighted by Crippen LogP contribution is -2.16. The third-order valence-corrected chi connectivity index (χ3v) is 4.40. The number of carboxylic acids is 1. The van der Waals surface area contributed by atoms with Crippen molar-refractivity contribution in [3.05, 3.63) is 44.6 Å². The van der Waals surface area contributed by atoms with Gasteiger partial charge in [0, 0.05) is 33.2 Å². The summed E-state index contributed by atoms with van der Waals surface area (Å²) in [6.45, 7) is 0.752. The third kappa shape index (κ3) is 3.27. The molecule has 3 N–H and O–H groups in total. The average Bonchev–Trinajstić information content (AvgIpc) is 2.74. The summed E-state index contributed by atoms with van der Waals surface area (Å²) in [6, 6.07) is 7.05. The van der Waals surface area contributed by atoms with Crippen LogP contribution in [0.2, 0.25) is 0 Å². The van der Waals surface area contributed by atoms with Gasteiger partial charge in [-0.1, -0.05) is 0 Å². The smallest absolute Gasteiger partial charge is 0.337 e. The zero-order chi connectivity index (χ0) is 14.0. The molecule has 1 aromatic carbocycles. The number of rotatable bonds is 4. The Labute approximate surface area is 123 Å². The number of hydrogen-bond acceptors (Lipinski definition) is 4. The molecule has 0 aliphatic carbocycles. The van der Waals surface area contributed by atoms with Crippen LogP contribution < -0.4 is 10.6 Å². The predicted octanol–water partition coefficient (Wildman–Crippen LogP) is 3.43. The number of nitrogens with two attached hydrogens (primary N) is 1. The standard InChI is InChI=1S/C13H13BrN2O2S/c1-16(6-10-4-8(14)7-19-10)9-2-3-11(13(17)18)12(15)5-9/h2-5,7H,6,15H2,1H3,(H,17,18). The van der Waals surface area contributed by atoms with Crippen molar-refractivity contribution in [3.8, 4) is 0 Å². The number of halogens is 1. The van der Waals surface area contributed by atoms with Gasteiger partial charge in [0.1, 0.15) is 0 Å². The molecule has 0 spiro atoms. The van der Waals surface area contributed by atoms with Crippen LogP contribution in [0.4, 0.5) is 11.4 Å². The Morgan fingerprint density at radius 3 is 2.74 bits per heavy atom. The van der Waals surface area contributed by atoms with Gasteiger partial charge in [-0.05, 0) is 40.2 Å². The molecule has 0 radical (unpaired) electrons. The Morgan fingerprint density at radius 1 is 1.47 bits per heavy atom. The third-order valence-electron chi connectivity index (χ3n) is 2.72. The minimum Gasteiger partial charge on any atom is -0.478 e. The number of nitrogens with zero attached hydrogens (tertiary/aromatic N) is 1. The maximum atomic E-state index is 10.9. The molecule has 1 aromatic heterocycles. The summed E-state index contributed by atoms with van der Waals surface area (Å²) in [7, 11) is 1.95. The van der Waals surface area contributed by atoms with Crippen molar-refractivity contribution in [1.29, 1.82) is 0 Å². The highest BCUT2D eigenvalue weighted by Gasteiger charge is 2.10. The first kappa shape index (κ1) is 13.9. The van der Waals surface area contributed by atoms with E-state index in [4.69, 9.17) is 10.8 Å². The lowest BCUT2D eigenvalue weighted by molar-refractivity contribution is 0.0698. The van der Waals surface area contributed by atoms with E-state index in [1.807, 2.05) is 17.3 Å². The van der Waals surface area contributed by atoms with Crippen LogP contribution in [0.5, 0.6) is 0 Å². The number of thiophene rings is 1. The van der Waals surface area contributed by atoms with Crippen LogP contribution >= 0.6 is 27.3 Å². The normalized spacial score (nSPS) is 10.4. The molecule has 19 heavy (non-hydrogen) atoms. The number of carbonyl (C=O) groups is 1. The second kappa shape index (κ2) is 5.63. The van der Waals surface area contributed by atoms with Crippen molar-refractivity contribution >= 4 is 44.6 Å². The summed E-state index contributed by atoms with van der Waals surface area (Å²) in [5.41, 5.74) is 7.06. The molecule has 0 saturated carbocycles. The molecular formula is C13H13BrN2O2S. The van der Waals surface area contributed by atoms with Crippen molar-refractivity contribution in [2.45, 2.75) is 6.54 Å². The lowest BCUT2D eigenvalue weighted by atomic mass is 10.1. The van der Waals surface area contributed by atoms with Crippen molar-refractivity contribution in [1.82, 2.24) is 0 Å². The molecule has 0 aliphatic rings. The van der Waals surface area contributed by atoms with Crippen molar-refractivity contribution in [3.63, 3.8) is 0 Å². The Balaban J connectivity index is 2.17. The molecule has 0 unspecified atom stereocenters. The first-order valence-corrected chi connectivity index (χ1v) is 7.21. The van der Waals surface area contributed by atoms with Crippen LogP contribution in [0.3, 0.4) is 0 Å². The summed E-state index contributed by atoms with van der Waals surface area (Å²) in [5, 5.41) is 11.0. The molecule has 2 rings (SSSR count). The van der Waals surface area contributed by atoms with E-state index in [1.165, 1.54) is 10.9 Å². The predicted molar refractivity (Wildman–Crippen MR) is 81.9 cm³/mol. The van der Waals surface area contributed by atoms with Gasteiger partial charge >= 0.3 is 5.97 Å². The summed E-state index contributed by atoms with van der Waals surface area (Å²) in [4.78, 5) is 14.1. The minimum atomic E-state index is -1.01. The Morgan fingerprint density at radius 2 is 2.21 bits per heavy atom. The van der Waals surface area contributed by atoms with E-state index in [-0.39, 0.29) is 11.3 Å². The molecule has 100 valence electrons. The number of anilines is 2. The van der Waals surface area contributed by atoms with Gasteiger partial charge < -0.3 is 15.7 Å². The van der Waals surface area contributed by atoms with Gasteiger partial charge in [-0.15, -0.1) is 11.3 Å². The fourth-order valence-corrected chi connectivity index (χ4v) is 3.25. The lowest BCUT2D eigenvalue weighted by Gasteiger charge is -2.19. The summed E-state index contributed by atoms with van der Waals surface area (Å²) < 4.78 is 1.07. The van der Waals surface area contributed by atoms with Gasteiger partial charge in [0.25, 0.3) is 0 Å². The van der Waals surface area contributed by atoms with Crippen LogP contribution in [0.25, 0.3) is 0 Å². The maximum absolute atomic E-state index is 10.9. The van der Waals surface area contributed by atoms with Crippen LogP contribution in [-0.4, -0.2) is 18.1 Å². The molecule has 0 atom stereocenters. The number of hydrogen-bond donors (Lipinski definition) is 2. The summed E-state index contributed by atoms with van der Waals surface area (Å²) in [5.74, 6) is -1.01. The van der Waals surface area contributed by atoms with Crippen LogP contribution in [0.15, 0.2) is 34.1 Å². The Hall–Kier alpha value is -1.53. The highest BCUT2D eigenvalue weighted by atomic mass is 79.9. The average molecular weight is 341 g/mol. The number of nitrogen functional groups attached to an aromatic ring is 1. The largest absolute Gasteiger partial charge is 0.478 e. The van der Waals surface area contributed by atoms with Gasteiger partial charge in [-0.25, -0.2) is 4.79 Å². The zero-order valence-electron chi connectivity index (χ0n) is 10.3. The van der Waals surface area contributed by atoms with Gasteiger partial charge in [-0.2, -0.15) is 0 Å². The highest BCUT2D eigenvalue weighted by molar-refractivity contribution is 9.10. The van der Waals surface area contributed by atoms with E-state index in [1.54, 1.807) is 23.5 Å². The van der Waals surface area contributed by atoms with Gasteiger partial charge in [0.2, 0.25) is 0 Å². The molecule has 0 fully saturated rings. The van der Waals surface area contributed by atoms with Gasteiger partial charge in [0.05, 0.1) is 12.1 Å². The van der Waals surface area contributed by atoms with Crippen molar-refractivity contribution in [2.24, 2.45) is 0 Å². The second-order valence-electron chi connectivity index (χ2n) is 4.16. The SMILES string of the molecule is CN(Cc1cc(Br)cs1)c1ccc(C(=O)O)c(N)c1. The maximum Gasteiger partial charge on any atom is 0.337 e. The minimum absolute atomic E-state index is 0.135. The fraction of sp³-hybridized carbons (Fsp3) is 0.154. The van der Waals surface area contributed by atoms with E-state index in [9.17, 15) is 4.79 Å². The molecule has 0 bridgehead atoms. The second-order valence-corrected chi connectivity index (χ2v) is 6.08. The molecule has 6 heteroatoms. The molecule has 0 aliphatic heterocycles. The highest BCUT2D eigenvalue weighted by Crippen LogP contribution is 2.25. The molecule has 4 nitrogen and oxygen atoms in total. The number of aromatic carboxylic acids is 1. The van der Waals surface area contributed by atoms with E-state index in [0.717, 1.165) is 16.7 Å².